The molecule has 6 heteroatoms. The van der Waals surface area contributed by atoms with Crippen LogP contribution in [0.25, 0.3) is 0 Å². The number of nitrogens with zero attached hydrogens (tertiary/aromatic N) is 2. The van der Waals surface area contributed by atoms with Gasteiger partial charge in [-0.15, -0.1) is 11.3 Å². The molecule has 1 aliphatic heterocycles. The predicted molar refractivity (Wildman–Crippen MR) is 80.5 cm³/mol. The molecule has 2 N–H and O–H groups in total. The zero-order valence-electron chi connectivity index (χ0n) is 12.2. The molecule has 1 aromatic rings. The Morgan fingerprint density at radius 1 is 1.45 bits per heavy atom. The van der Waals surface area contributed by atoms with Crippen LogP contribution in [0.15, 0.2) is 0 Å². The first-order valence-electron chi connectivity index (χ1n) is 7.35. The van der Waals surface area contributed by atoms with Gasteiger partial charge in [0, 0.05) is 26.2 Å². The molecule has 0 aromatic carbocycles. The third-order valence-electron chi connectivity index (χ3n) is 3.68. The van der Waals surface area contributed by atoms with Crippen molar-refractivity contribution in [1.82, 2.24) is 15.2 Å². The van der Waals surface area contributed by atoms with E-state index in [0.29, 0.717) is 11.3 Å². The summed E-state index contributed by atoms with van der Waals surface area (Å²) in [5, 5.41) is 13.6. The van der Waals surface area contributed by atoms with Gasteiger partial charge in [-0.2, -0.15) is 0 Å². The van der Waals surface area contributed by atoms with Crippen LogP contribution in [0, 0.1) is 0 Å². The topological polar surface area (TPSA) is 65.5 Å². The maximum atomic E-state index is 11.3. The van der Waals surface area contributed by atoms with Crippen molar-refractivity contribution < 1.29 is 9.90 Å². The molecule has 2 heterocycles. The van der Waals surface area contributed by atoms with Gasteiger partial charge < -0.3 is 10.4 Å². The van der Waals surface area contributed by atoms with E-state index in [-0.39, 0.29) is 6.04 Å². The molecule has 0 amide bonds. The maximum absolute atomic E-state index is 11.3. The largest absolute Gasteiger partial charge is 0.477 e. The first kappa shape index (κ1) is 15.4. The fraction of sp³-hybridized carbons (Fsp3) is 0.714. The van der Waals surface area contributed by atoms with Gasteiger partial charge >= 0.3 is 5.97 Å². The molecule has 1 fully saturated rings. The maximum Gasteiger partial charge on any atom is 0.347 e. The Kier molecular flexibility index (Phi) is 5.51. The first-order valence-corrected chi connectivity index (χ1v) is 8.16. The van der Waals surface area contributed by atoms with Gasteiger partial charge in [-0.25, -0.2) is 9.78 Å². The molecule has 0 bridgehead atoms. The van der Waals surface area contributed by atoms with E-state index < -0.39 is 5.97 Å². The highest BCUT2D eigenvalue weighted by atomic mass is 32.1. The van der Waals surface area contributed by atoms with Gasteiger partial charge in [-0.05, 0) is 12.8 Å². The number of thiazole rings is 1. The number of carboxylic acid groups (broad SMARTS) is 1. The van der Waals surface area contributed by atoms with Crippen LogP contribution in [-0.2, 0) is 6.42 Å². The minimum absolute atomic E-state index is 0.269. The SMILES string of the molecule is CCCC(c1nc(CC)c(C(=O)O)s1)N1CCNCC1. The summed E-state index contributed by atoms with van der Waals surface area (Å²) in [6.45, 7) is 8.14. The number of aryl methyl sites for hydroxylation is 1. The van der Waals surface area contributed by atoms with Gasteiger partial charge in [0.15, 0.2) is 0 Å². The monoisotopic (exact) mass is 297 g/mol. The lowest BCUT2D eigenvalue weighted by Crippen LogP contribution is -2.45. The summed E-state index contributed by atoms with van der Waals surface area (Å²) in [5.41, 5.74) is 0.730. The summed E-state index contributed by atoms with van der Waals surface area (Å²) in [6, 6.07) is 0.269. The Morgan fingerprint density at radius 2 is 2.15 bits per heavy atom. The van der Waals surface area contributed by atoms with E-state index in [4.69, 9.17) is 0 Å². The molecule has 5 nitrogen and oxygen atoms in total. The molecule has 1 aromatic heterocycles. The lowest BCUT2D eigenvalue weighted by atomic mass is 10.1. The molecule has 1 atom stereocenters. The lowest BCUT2D eigenvalue weighted by molar-refractivity contribution is 0.0701. The van der Waals surface area contributed by atoms with Gasteiger partial charge in [0.05, 0.1) is 11.7 Å². The number of aromatic carboxylic acids is 1. The highest BCUT2D eigenvalue weighted by molar-refractivity contribution is 7.13. The third kappa shape index (κ3) is 3.37. The van der Waals surface area contributed by atoms with Crippen LogP contribution in [0.1, 0.15) is 53.1 Å². The highest BCUT2D eigenvalue weighted by Crippen LogP contribution is 2.31. The fourth-order valence-electron chi connectivity index (χ4n) is 2.65. The standard InChI is InChI=1S/C14H23N3O2S/c1-3-5-11(17-8-6-15-7-9-17)13-16-10(4-2)12(20-13)14(18)19/h11,15H,3-9H2,1-2H3,(H,18,19). The number of carboxylic acids is 1. The van der Waals surface area contributed by atoms with Crippen LogP contribution in [-0.4, -0.2) is 47.1 Å². The Labute approximate surface area is 124 Å². The van der Waals surface area contributed by atoms with Gasteiger partial charge in [0.2, 0.25) is 0 Å². The van der Waals surface area contributed by atoms with Gasteiger partial charge in [-0.1, -0.05) is 20.3 Å². The number of hydrogen-bond acceptors (Lipinski definition) is 5. The molecule has 0 spiro atoms. The van der Waals surface area contributed by atoms with Crippen molar-refractivity contribution in [1.29, 1.82) is 0 Å². The summed E-state index contributed by atoms with van der Waals surface area (Å²) in [6.07, 6.45) is 2.80. The second kappa shape index (κ2) is 7.15. The first-order chi connectivity index (χ1) is 9.67. The summed E-state index contributed by atoms with van der Waals surface area (Å²) in [7, 11) is 0. The Bertz CT molecular complexity index is 455. The molecule has 112 valence electrons. The van der Waals surface area contributed by atoms with Gasteiger partial charge in [0.1, 0.15) is 9.88 Å². The van der Waals surface area contributed by atoms with Gasteiger partial charge in [0.25, 0.3) is 0 Å². The van der Waals surface area contributed by atoms with Crippen molar-refractivity contribution in [2.24, 2.45) is 0 Å². The van der Waals surface area contributed by atoms with Crippen molar-refractivity contribution in [2.45, 2.75) is 39.2 Å². The average Bonchev–Trinajstić information content (AvgIpc) is 2.90. The molecule has 1 aliphatic rings. The molecular weight excluding hydrogens is 274 g/mol. The highest BCUT2D eigenvalue weighted by Gasteiger charge is 2.26. The van der Waals surface area contributed by atoms with E-state index in [9.17, 15) is 9.90 Å². The number of piperazine rings is 1. The van der Waals surface area contributed by atoms with Crippen molar-refractivity contribution >= 4 is 17.3 Å². The fourth-order valence-corrected chi connectivity index (χ4v) is 3.81. The van der Waals surface area contributed by atoms with Gasteiger partial charge in [-0.3, -0.25) is 4.90 Å². The van der Waals surface area contributed by atoms with Crippen LogP contribution in [0.2, 0.25) is 0 Å². The third-order valence-corrected chi connectivity index (χ3v) is 4.87. The Balaban J connectivity index is 2.26. The minimum Gasteiger partial charge on any atom is -0.477 e. The molecule has 0 radical (unpaired) electrons. The van der Waals surface area contributed by atoms with E-state index in [1.807, 2.05) is 6.92 Å². The summed E-state index contributed by atoms with van der Waals surface area (Å²) in [4.78, 5) is 18.8. The van der Waals surface area contributed by atoms with E-state index in [2.05, 4.69) is 22.1 Å². The molecule has 0 saturated carbocycles. The lowest BCUT2D eigenvalue weighted by Gasteiger charge is -2.33. The van der Waals surface area contributed by atoms with Crippen molar-refractivity contribution in [3.05, 3.63) is 15.6 Å². The van der Waals surface area contributed by atoms with Crippen LogP contribution < -0.4 is 5.32 Å². The Hall–Kier alpha value is -0.980. The normalized spacial score (nSPS) is 18.1. The van der Waals surface area contributed by atoms with E-state index in [1.54, 1.807) is 0 Å². The summed E-state index contributed by atoms with van der Waals surface area (Å²) >= 11 is 1.36. The smallest absolute Gasteiger partial charge is 0.347 e. The summed E-state index contributed by atoms with van der Waals surface area (Å²) < 4.78 is 0. The van der Waals surface area contributed by atoms with E-state index in [1.165, 1.54) is 11.3 Å². The van der Waals surface area contributed by atoms with Crippen molar-refractivity contribution in [3.8, 4) is 0 Å². The molecular formula is C14H23N3O2S. The number of carbonyl (C=O) groups is 1. The number of hydrogen-bond donors (Lipinski definition) is 2. The minimum atomic E-state index is -0.846. The number of nitrogens with one attached hydrogen (secondary N) is 1. The number of rotatable bonds is 6. The van der Waals surface area contributed by atoms with Crippen LogP contribution in [0.4, 0.5) is 0 Å². The van der Waals surface area contributed by atoms with Crippen LogP contribution in [0.3, 0.4) is 0 Å². The molecule has 1 saturated heterocycles. The quantitative estimate of drug-likeness (QED) is 0.842. The van der Waals surface area contributed by atoms with Crippen LogP contribution >= 0.6 is 11.3 Å². The van der Waals surface area contributed by atoms with E-state index in [0.717, 1.165) is 49.7 Å². The van der Waals surface area contributed by atoms with Crippen LogP contribution in [0.5, 0.6) is 0 Å². The van der Waals surface area contributed by atoms with Crippen molar-refractivity contribution in [2.75, 3.05) is 26.2 Å². The second-order valence-corrected chi connectivity index (χ2v) is 6.11. The molecule has 20 heavy (non-hydrogen) atoms. The zero-order valence-corrected chi connectivity index (χ0v) is 13.0. The Morgan fingerprint density at radius 3 is 2.65 bits per heavy atom. The zero-order chi connectivity index (χ0) is 14.5. The molecule has 1 unspecified atom stereocenters. The number of aromatic nitrogens is 1. The van der Waals surface area contributed by atoms with Crippen molar-refractivity contribution in [3.63, 3.8) is 0 Å². The van der Waals surface area contributed by atoms with E-state index >= 15 is 0 Å². The second-order valence-electron chi connectivity index (χ2n) is 5.08. The molecule has 2 rings (SSSR count). The molecule has 0 aliphatic carbocycles. The summed E-state index contributed by atoms with van der Waals surface area (Å²) in [5.74, 6) is -0.846. The predicted octanol–water partition coefficient (Wildman–Crippen LogP) is 2.15. The average molecular weight is 297 g/mol.